The van der Waals surface area contributed by atoms with Gasteiger partial charge < -0.3 is 27.3 Å². The lowest BCUT2D eigenvalue weighted by Crippen LogP contribution is -2.45. The first-order chi connectivity index (χ1) is 39.3. The Balaban J connectivity index is 1.38. The maximum atomic E-state index is 12.4. The molecular weight excluding hydrogens is 986 g/mol. The molecule has 410 valence electrons. The molecule has 0 aliphatic heterocycles. The highest BCUT2D eigenvalue weighted by Gasteiger charge is 2.45. The molecule has 0 unspecified atom stereocenters. The van der Waals surface area contributed by atoms with Crippen LogP contribution in [-0.4, -0.2) is 45.8 Å². The Hall–Kier alpha value is -6.91. The van der Waals surface area contributed by atoms with E-state index in [-0.39, 0.29) is 13.7 Å². The lowest BCUT2D eigenvalue weighted by atomic mass is 9.37. The van der Waals surface area contributed by atoms with Crippen molar-refractivity contribution in [3.63, 3.8) is 0 Å². The summed E-state index contributed by atoms with van der Waals surface area (Å²) in [6.07, 6.45) is 23.1. The van der Waals surface area contributed by atoms with Crippen LogP contribution in [0, 0.1) is 29.7 Å². The van der Waals surface area contributed by atoms with Crippen molar-refractivity contribution in [2.24, 2.45) is 11.8 Å². The molecule has 4 aromatic carbocycles. The second-order valence-corrected chi connectivity index (χ2v) is 24.8. The number of rotatable bonds is 16. The second kappa shape index (κ2) is 24.0. The number of aromatic nitrogens is 4. The van der Waals surface area contributed by atoms with Gasteiger partial charge >= 0.3 is 0 Å². The van der Waals surface area contributed by atoms with Crippen molar-refractivity contribution >= 4 is 57.9 Å². The predicted molar refractivity (Wildman–Crippen MR) is 326 cm³/mol. The molecule has 0 bridgehead atoms. The van der Waals surface area contributed by atoms with Crippen molar-refractivity contribution in [3.8, 4) is 40.1 Å². The Morgan fingerprint density at radius 2 is 0.963 bits per heavy atom. The number of fused-ring (bicyclic) bond motifs is 3. The van der Waals surface area contributed by atoms with Gasteiger partial charge in [0, 0.05) is 38.6 Å². The van der Waals surface area contributed by atoms with Gasteiger partial charge in [-0.1, -0.05) is 205 Å². The van der Waals surface area contributed by atoms with E-state index in [2.05, 4.69) is 91.3 Å². The van der Waals surface area contributed by atoms with Crippen molar-refractivity contribution in [2.45, 2.75) is 179 Å². The average molecular weight is 1070 g/mol. The highest BCUT2D eigenvalue weighted by atomic mass is 16.5. The Morgan fingerprint density at radius 3 is 1.38 bits per heavy atom. The smallest absolute Gasteiger partial charge is 0.269 e. The van der Waals surface area contributed by atoms with E-state index in [1.165, 1.54) is 77.0 Å². The highest BCUT2D eigenvalue weighted by molar-refractivity contribution is 6.63. The molecule has 10 nitrogen and oxygen atoms in total. The molecule has 0 spiro atoms. The molecule has 80 heavy (non-hydrogen) atoms. The number of hydrogen-bond donors (Lipinski definition) is 0. The fraction of sp³-hybridized carbons (Fsp3) is 0.471. The fourth-order valence-electron chi connectivity index (χ4n) is 14.9. The zero-order valence-corrected chi connectivity index (χ0v) is 47.7. The van der Waals surface area contributed by atoms with Crippen LogP contribution in [0.1, 0.15) is 168 Å². The molecule has 12 heteroatoms. The third-order valence-corrected chi connectivity index (χ3v) is 18.4. The molecule has 4 aliphatic carbocycles. The molecule has 0 radical (unpaired) electrons. The first kappa shape index (κ1) is 53.7. The molecule has 0 N–H and O–H groups in total. The minimum atomic E-state index is 0.0176. The minimum absolute atomic E-state index is 0.0176. The normalized spacial score (nSPS) is 18.0. The number of hydrogen-bond acceptors (Lipinski definition) is 7. The lowest BCUT2D eigenvalue weighted by molar-refractivity contribution is 0.271. The van der Waals surface area contributed by atoms with Crippen LogP contribution >= 0.6 is 0 Å². The van der Waals surface area contributed by atoms with Crippen LogP contribution in [0.25, 0.3) is 71.6 Å². The van der Waals surface area contributed by atoms with E-state index in [9.17, 15) is 11.8 Å². The summed E-state index contributed by atoms with van der Waals surface area (Å²) in [6.45, 7) is 19.6. The first-order valence-electron chi connectivity index (χ1n) is 30.8. The molecule has 0 atom stereocenters. The van der Waals surface area contributed by atoms with Gasteiger partial charge in [-0.2, -0.15) is 5.26 Å². The van der Waals surface area contributed by atoms with Crippen molar-refractivity contribution in [1.82, 2.24) is 18.9 Å². The van der Waals surface area contributed by atoms with Crippen molar-refractivity contribution < 1.29 is 18.3 Å². The van der Waals surface area contributed by atoms with Gasteiger partial charge in [-0.05, 0) is 83.6 Å². The second-order valence-electron chi connectivity index (χ2n) is 24.8. The van der Waals surface area contributed by atoms with E-state index in [0.29, 0.717) is 93.6 Å². The Morgan fingerprint density at radius 1 is 0.562 bits per heavy atom. The molecule has 0 saturated heterocycles. The largest absolute Gasteiger partial charge is 0.493 e. The van der Waals surface area contributed by atoms with Gasteiger partial charge in [0.15, 0.2) is 11.2 Å². The summed E-state index contributed by atoms with van der Waals surface area (Å²) in [4.78, 5) is 15.2. The first-order valence-corrected chi connectivity index (χ1v) is 30.8. The molecule has 8 aromatic rings. The van der Waals surface area contributed by atoms with E-state index in [4.69, 9.17) is 33.1 Å². The highest BCUT2D eigenvalue weighted by Crippen LogP contribution is 2.49. The molecule has 4 aliphatic rings. The number of oxazole rings is 2. The summed E-state index contributed by atoms with van der Waals surface area (Å²) >= 11 is 0. The van der Waals surface area contributed by atoms with Crippen LogP contribution in [0.2, 0.25) is 23.3 Å². The number of para-hydroxylation sites is 4. The number of nitrogens with zero attached hydrogens (tertiary/aromatic N) is 6. The van der Waals surface area contributed by atoms with Crippen LogP contribution in [0.3, 0.4) is 0 Å². The standard InChI is InChI=1S/C68H78B2N6O4/c1-45(2)43-77-53-34-22-24-47(40-53)63-60-61(66(62(72-5)68-74-57-37-19-21-39-59(57)80-68)76(63)70(51-30-14-8-15-31-51)52-32-16-9-17-33-52)64(48-25-23-35-54(41-48)78-44-46(3)4)75(69(49-26-10-6-11-27-49)50-28-12-7-13-29-50)65(60)55(42-71)67-73-56-36-18-20-38-58(56)79-67/h18-25,34-41,45-46,49-52H,6-17,26-33,43-44H2,1-4H3/b65-55-,66-62+. The van der Waals surface area contributed by atoms with Crippen LogP contribution in [-0.2, 0) is 0 Å². The van der Waals surface area contributed by atoms with E-state index in [1.54, 1.807) is 0 Å². The van der Waals surface area contributed by atoms with E-state index < -0.39 is 0 Å². The lowest BCUT2D eigenvalue weighted by Gasteiger charge is -2.38. The monoisotopic (exact) mass is 1060 g/mol. The quantitative estimate of drug-likeness (QED) is 0.0700. The van der Waals surface area contributed by atoms with E-state index >= 15 is 0 Å². The molecule has 4 fully saturated rings. The van der Waals surface area contributed by atoms with Crippen LogP contribution in [0.5, 0.6) is 11.5 Å². The summed E-state index contributed by atoms with van der Waals surface area (Å²) < 4.78 is 32.5. The molecular formula is C68H78B2N6O4. The molecule has 4 heterocycles. The molecule has 4 saturated carbocycles. The van der Waals surface area contributed by atoms with Gasteiger partial charge in [-0.25, -0.2) is 14.8 Å². The van der Waals surface area contributed by atoms with Crippen LogP contribution in [0.4, 0.5) is 0 Å². The fourth-order valence-corrected chi connectivity index (χ4v) is 14.9. The number of benzene rings is 4. The maximum absolute atomic E-state index is 12.4. The van der Waals surface area contributed by atoms with Gasteiger partial charge in [-0.15, -0.1) is 0 Å². The van der Waals surface area contributed by atoms with Crippen molar-refractivity contribution in [3.05, 3.63) is 131 Å². The zero-order valence-electron chi connectivity index (χ0n) is 47.7. The van der Waals surface area contributed by atoms with Crippen molar-refractivity contribution in [2.75, 3.05) is 13.2 Å². The zero-order chi connectivity index (χ0) is 54.7. The SMILES string of the molecule is [C-]#[N+]/C(c1nc2ccccc2o1)=c1\c2c(-c3cccc(OCC(C)C)c3)n(B(C3CCCCC3)C3CCCCC3)/c(=C(/C#N)c3nc4ccccc4o3)c2c(-c2cccc(OCC(C)C)c2)n1B(C1CCCCC1)C1CCCCC1. The molecule has 0 amide bonds. The van der Waals surface area contributed by atoms with E-state index in [0.717, 1.165) is 107 Å². The summed E-state index contributed by atoms with van der Waals surface area (Å²) in [5.74, 6) is 4.21. The Labute approximate surface area is 473 Å². The minimum Gasteiger partial charge on any atom is -0.493 e. The number of ether oxygens (including phenoxy) is 2. The van der Waals surface area contributed by atoms with Gasteiger partial charge in [-0.3, -0.25) is 0 Å². The van der Waals surface area contributed by atoms with E-state index in [1.807, 2.05) is 48.5 Å². The Bertz CT molecular complexity index is 3350. The Kier molecular flexibility index (Phi) is 16.1. The molecule has 12 rings (SSSR count). The summed E-state index contributed by atoms with van der Waals surface area (Å²) in [6, 6.07) is 36.1. The number of nitriles is 1. The summed E-state index contributed by atoms with van der Waals surface area (Å²) in [5, 5.41) is 15.9. The third-order valence-electron chi connectivity index (χ3n) is 18.4. The van der Waals surface area contributed by atoms with Crippen LogP contribution in [0.15, 0.2) is 106 Å². The topological polar surface area (TPSA) is 109 Å². The van der Waals surface area contributed by atoms with Gasteiger partial charge in [0.1, 0.15) is 34.2 Å². The predicted octanol–water partition coefficient (Wildman–Crippen LogP) is 16.9. The molecule has 4 aromatic heterocycles. The third kappa shape index (κ3) is 10.6. The van der Waals surface area contributed by atoms with Gasteiger partial charge in [0.25, 0.3) is 19.4 Å². The van der Waals surface area contributed by atoms with Gasteiger partial charge in [0.05, 0.1) is 25.1 Å². The van der Waals surface area contributed by atoms with Crippen molar-refractivity contribution in [1.29, 1.82) is 5.26 Å². The van der Waals surface area contributed by atoms with Gasteiger partial charge in [0.2, 0.25) is 11.8 Å². The summed E-state index contributed by atoms with van der Waals surface area (Å²) in [5.41, 5.74) is 7.45. The average Bonchev–Trinajstić information content (AvgIpc) is 2.94. The summed E-state index contributed by atoms with van der Waals surface area (Å²) in [7, 11) is 0. The van der Waals surface area contributed by atoms with Crippen LogP contribution < -0.4 is 20.2 Å². The maximum Gasteiger partial charge on any atom is 0.269 e.